The lowest BCUT2D eigenvalue weighted by molar-refractivity contribution is -0.236. The second kappa shape index (κ2) is 11.5. The summed E-state index contributed by atoms with van der Waals surface area (Å²) in [4.78, 5) is 14.4. The van der Waals surface area contributed by atoms with Crippen LogP contribution in [0.2, 0.25) is 0 Å². The first-order chi connectivity index (χ1) is 15.2. The molecule has 32 heavy (non-hydrogen) atoms. The van der Waals surface area contributed by atoms with E-state index in [4.69, 9.17) is 4.74 Å². The minimum absolute atomic E-state index is 0.151. The molecule has 10 heteroatoms. The number of aromatic nitrogens is 3. The highest BCUT2D eigenvalue weighted by Crippen LogP contribution is 2.33. The normalized spacial score (nSPS) is 12.4. The SMILES string of the molecule is C=C.CCc1nc(C)c(-c2csc(Nc3ccc(COC(C(C)C)C(F)(F)F)cn3)n2)s1. The zero-order chi connectivity index (χ0) is 23.9. The lowest BCUT2D eigenvalue weighted by Gasteiger charge is -2.24. The molecule has 3 rings (SSSR count). The lowest BCUT2D eigenvalue weighted by Crippen LogP contribution is -2.36. The van der Waals surface area contributed by atoms with E-state index in [1.807, 2.05) is 12.3 Å². The fourth-order valence-electron chi connectivity index (χ4n) is 2.82. The number of anilines is 2. The predicted octanol–water partition coefficient (Wildman–Crippen LogP) is 7.18. The van der Waals surface area contributed by atoms with Crippen LogP contribution in [0.3, 0.4) is 0 Å². The highest BCUT2D eigenvalue weighted by molar-refractivity contribution is 7.16. The minimum Gasteiger partial charge on any atom is -0.364 e. The van der Waals surface area contributed by atoms with Crippen molar-refractivity contribution in [3.8, 4) is 10.6 Å². The van der Waals surface area contributed by atoms with Crippen molar-refractivity contribution in [2.45, 2.75) is 53.0 Å². The van der Waals surface area contributed by atoms with E-state index in [2.05, 4.69) is 40.4 Å². The molecule has 0 saturated heterocycles. The number of ether oxygens (including phenoxy) is 1. The second-order valence-corrected chi connectivity index (χ2v) is 9.05. The molecule has 0 fully saturated rings. The monoisotopic (exact) mass is 484 g/mol. The quantitative estimate of drug-likeness (QED) is 0.343. The van der Waals surface area contributed by atoms with Gasteiger partial charge in [0.1, 0.15) is 5.82 Å². The molecule has 174 valence electrons. The van der Waals surface area contributed by atoms with E-state index in [-0.39, 0.29) is 6.61 Å². The van der Waals surface area contributed by atoms with E-state index < -0.39 is 18.2 Å². The molecule has 0 aromatic carbocycles. The predicted molar refractivity (Wildman–Crippen MR) is 126 cm³/mol. The third-order valence-corrected chi connectivity index (χ3v) is 6.38. The molecule has 0 aliphatic heterocycles. The van der Waals surface area contributed by atoms with Crippen LogP contribution in [-0.2, 0) is 17.8 Å². The Morgan fingerprint density at radius 1 is 1.19 bits per heavy atom. The summed E-state index contributed by atoms with van der Waals surface area (Å²) < 4.78 is 44.1. The fraction of sp³-hybridized carbons (Fsp3) is 0.409. The Morgan fingerprint density at radius 3 is 2.44 bits per heavy atom. The molecule has 3 aromatic rings. The molecule has 0 spiro atoms. The molecule has 0 saturated carbocycles. The Morgan fingerprint density at radius 2 is 1.91 bits per heavy atom. The van der Waals surface area contributed by atoms with Crippen molar-refractivity contribution in [1.29, 1.82) is 0 Å². The van der Waals surface area contributed by atoms with Crippen LogP contribution in [0.1, 0.15) is 37.0 Å². The van der Waals surface area contributed by atoms with E-state index >= 15 is 0 Å². The van der Waals surface area contributed by atoms with Gasteiger partial charge in [0.15, 0.2) is 11.2 Å². The van der Waals surface area contributed by atoms with Crippen LogP contribution in [0.25, 0.3) is 10.6 Å². The number of aryl methyl sites for hydroxylation is 2. The van der Waals surface area contributed by atoms with Gasteiger partial charge in [0, 0.05) is 11.6 Å². The molecule has 0 bridgehead atoms. The Kier molecular flexibility index (Phi) is 9.35. The smallest absolute Gasteiger partial charge is 0.364 e. The number of nitrogens with one attached hydrogen (secondary N) is 1. The first-order valence-corrected chi connectivity index (χ1v) is 11.7. The maximum absolute atomic E-state index is 13.0. The van der Waals surface area contributed by atoms with E-state index in [1.54, 1.807) is 23.5 Å². The van der Waals surface area contributed by atoms with Crippen molar-refractivity contribution in [3.63, 3.8) is 0 Å². The average molecular weight is 485 g/mol. The molecule has 3 heterocycles. The van der Waals surface area contributed by atoms with E-state index in [0.717, 1.165) is 27.7 Å². The molecule has 0 amide bonds. The third kappa shape index (κ3) is 6.85. The Balaban J connectivity index is 0.00000176. The molecule has 1 unspecified atom stereocenters. The molecule has 1 N–H and O–H groups in total. The highest BCUT2D eigenvalue weighted by Gasteiger charge is 2.42. The number of hydrogen-bond acceptors (Lipinski definition) is 7. The van der Waals surface area contributed by atoms with Crippen molar-refractivity contribution >= 4 is 33.6 Å². The first kappa shape index (κ1) is 26.0. The molecular formula is C22H27F3N4OS2. The van der Waals surface area contributed by atoms with Gasteiger partial charge in [-0.2, -0.15) is 13.2 Å². The number of thiazole rings is 2. The standard InChI is InChI=1S/C20H23F3N4OS2.C2H4/c1-5-16-25-12(4)17(30-16)14-10-29-19(26-14)27-15-7-6-13(8-24-15)9-28-18(11(2)3)20(21,22)23;1-2/h6-8,10-11,18H,5,9H2,1-4H3,(H,24,26,27);1-2H2. The molecule has 0 aliphatic carbocycles. The summed E-state index contributed by atoms with van der Waals surface area (Å²) in [5, 5.41) is 6.86. The van der Waals surface area contributed by atoms with Gasteiger partial charge in [-0.05, 0) is 30.9 Å². The van der Waals surface area contributed by atoms with Crippen molar-refractivity contribution < 1.29 is 17.9 Å². The number of hydrogen-bond donors (Lipinski definition) is 1. The number of halogens is 3. The van der Waals surface area contributed by atoms with Crippen LogP contribution in [-0.4, -0.2) is 27.2 Å². The average Bonchev–Trinajstić information content (AvgIpc) is 3.35. The molecule has 1 atom stereocenters. The van der Waals surface area contributed by atoms with Crippen LogP contribution in [0.5, 0.6) is 0 Å². The van der Waals surface area contributed by atoms with Gasteiger partial charge in [-0.15, -0.1) is 35.8 Å². The summed E-state index contributed by atoms with van der Waals surface area (Å²) in [7, 11) is 0. The molecule has 0 radical (unpaired) electrons. The molecule has 0 aliphatic rings. The van der Waals surface area contributed by atoms with E-state index in [9.17, 15) is 13.2 Å². The van der Waals surface area contributed by atoms with Crippen molar-refractivity contribution in [3.05, 3.63) is 53.1 Å². The van der Waals surface area contributed by atoms with Crippen LogP contribution >= 0.6 is 22.7 Å². The number of nitrogens with zero attached hydrogens (tertiary/aromatic N) is 3. The third-order valence-electron chi connectivity index (χ3n) is 4.30. The largest absolute Gasteiger partial charge is 0.414 e. The van der Waals surface area contributed by atoms with Gasteiger partial charge in [-0.1, -0.05) is 26.8 Å². The molecule has 5 nitrogen and oxygen atoms in total. The number of rotatable bonds is 8. The zero-order valence-electron chi connectivity index (χ0n) is 18.5. The van der Waals surface area contributed by atoms with E-state index in [0.29, 0.717) is 16.5 Å². The Hall–Kier alpha value is -2.30. The summed E-state index contributed by atoms with van der Waals surface area (Å²) in [6.45, 7) is 12.9. The van der Waals surface area contributed by atoms with Crippen molar-refractivity contribution in [1.82, 2.24) is 15.0 Å². The maximum atomic E-state index is 13.0. The van der Waals surface area contributed by atoms with Crippen LogP contribution in [0, 0.1) is 12.8 Å². The van der Waals surface area contributed by atoms with Crippen molar-refractivity contribution in [2.75, 3.05) is 5.32 Å². The van der Waals surface area contributed by atoms with Gasteiger partial charge in [-0.25, -0.2) is 15.0 Å². The van der Waals surface area contributed by atoms with Gasteiger partial charge < -0.3 is 10.1 Å². The Labute approximate surface area is 194 Å². The van der Waals surface area contributed by atoms with Gasteiger partial charge in [0.05, 0.1) is 27.9 Å². The summed E-state index contributed by atoms with van der Waals surface area (Å²) in [6, 6.07) is 3.39. The minimum atomic E-state index is -4.39. The van der Waals surface area contributed by atoms with Gasteiger partial charge >= 0.3 is 6.18 Å². The van der Waals surface area contributed by atoms with Gasteiger partial charge in [0.25, 0.3) is 0 Å². The van der Waals surface area contributed by atoms with Crippen LogP contribution < -0.4 is 5.32 Å². The highest BCUT2D eigenvalue weighted by atomic mass is 32.1. The number of alkyl halides is 3. The van der Waals surface area contributed by atoms with E-state index in [1.165, 1.54) is 31.4 Å². The van der Waals surface area contributed by atoms with Gasteiger partial charge in [0.2, 0.25) is 0 Å². The number of pyridine rings is 1. The summed E-state index contributed by atoms with van der Waals surface area (Å²) in [6.07, 6.45) is -3.79. The van der Waals surface area contributed by atoms with Gasteiger partial charge in [-0.3, -0.25) is 0 Å². The fourth-order valence-corrected chi connectivity index (χ4v) is 4.57. The maximum Gasteiger partial charge on any atom is 0.414 e. The summed E-state index contributed by atoms with van der Waals surface area (Å²) in [5.41, 5.74) is 2.41. The summed E-state index contributed by atoms with van der Waals surface area (Å²) >= 11 is 3.10. The van der Waals surface area contributed by atoms with Crippen LogP contribution in [0.15, 0.2) is 36.9 Å². The topological polar surface area (TPSA) is 59.9 Å². The molecule has 3 aromatic heterocycles. The zero-order valence-corrected chi connectivity index (χ0v) is 20.1. The lowest BCUT2D eigenvalue weighted by atomic mass is 10.1. The van der Waals surface area contributed by atoms with Crippen molar-refractivity contribution in [2.24, 2.45) is 5.92 Å². The molecular weight excluding hydrogens is 457 g/mol. The first-order valence-electron chi connectivity index (χ1n) is 9.99. The summed E-state index contributed by atoms with van der Waals surface area (Å²) in [5.74, 6) is -0.0975. The second-order valence-electron chi connectivity index (χ2n) is 7.11. The van der Waals surface area contributed by atoms with Crippen LogP contribution in [0.4, 0.5) is 24.1 Å². The Bertz CT molecular complexity index is 984.